The van der Waals surface area contributed by atoms with Gasteiger partial charge in [-0.2, -0.15) is 0 Å². The Morgan fingerprint density at radius 3 is 1.68 bits per heavy atom. The summed E-state index contributed by atoms with van der Waals surface area (Å²) in [6.07, 6.45) is 6.99. The lowest BCUT2D eigenvalue weighted by atomic mass is 10.2. The van der Waals surface area contributed by atoms with E-state index in [1.165, 1.54) is 24.1 Å². The van der Waals surface area contributed by atoms with Crippen LogP contribution in [0.4, 0.5) is 5.69 Å². The highest BCUT2D eigenvalue weighted by atomic mass is 15.1. The summed E-state index contributed by atoms with van der Waals surface area (Å²) in [5, 5.41) is 0. The number of benzene rings is 1. The lowest BCUT2D eigenvalue weighted by molar-refractivity contribution is 0.261. The van der Waals surface area contributed by atoms with Crippen molar-refractivity contribution in [1.29, 1.82) is 0 Å². The first-order chi connectivity index (χ1) is 11.9. The average Bonchev–Trinajstić information content (AvgIpc) is 2.54. The highest BCUT2D eigenvalue weighted by Gasteiger charge is 2.04. The number of hydrogen-bond acceptors (Lipinski definition) is 4. The third-order valence-electron chi connectivity index (χ3n) is 4.24. The van der Waals surface area contributed by atoms with E-state index in [9.17, 15) is 0 Å². The van der Waals surface area contributed by atoms with Crippen LogP contribution in [0.15, 0.2) is 30.3 Å². The molecule has 0 aliphatic heterocycles. The van der Waals surface area contributed by atoms with Crippen LogP contribution in [-0.2, 0) is 0 Å². The van der Waals surface area contributed by atoms with Gasteiger partial charge in [-0.15, -0.1) is 0 Å². The molecule has 0 N–H and O–H groups in total. The molecular weight excluding hydrogens is 308 g/mol. The lowest BCUT2D eigenvalue weighted by Crippen LogP contribution is -2.30. The van der Waals surface area contributed by atoms with Gasteiger partial charge in [0.25, 0.3) is 0 Å². The van der Waals surface area contributed by atoms with E-state index in [1.54, 1.807) is 0 Å². The second-order valence-corrected chi connectivity index (χ2v) is 7.50. The van der Waals surface area contributed by atoms with Gasteiger partial charge in [-0.05, 0) is 84.9 Å². The number of hydrogen-bond donors (Lipinski definition) is 0. The zero-order valence-corrected chi connectivity index (χ0v) is 17.2. The molecule has 1 aromatic rings. The largest absolute Gasteiger partial charge is 0.378 e. The first-order valence-electron chi connectivity index (χ1n) is 9.34. The van der Waals surface area contributed by atoms with E-state index in [4.69, 9.17) is 0 Å². The molecule has 0 unspecified atom stereocenters. The Balaban J connectivity index is 2.50. The van der Waals surface area contributed by atoms with E-state index >= 15 is 0 Å². The number of rotatable bonds is 12. The molecule has 1 aromatic carbocycles. The molecule has 0 aliphatic rings. The zero-order chi connectivity index (χ0) is 18.7. The molecule has 0 spiro atoms. The number of anilines is 1. The highest BCUT2D eigenvalue weighted by Crippen LogP contribution is 2.13. The standard InChI is InChI=1S/C21H38N4/c1-22(2)15-8-18-25(19-9-16-23(3)4)17-7-10-20-11-13-21(14-12-20)24(5)6/h7,10-14H,8-9,15-19H2,1-6H3. The summed E-state index contributed by atoms with van der Waals surface area (Å²) in [5.74, 6) is 0. The van der Waals surface area contributed by atoms with Gasteiger partial charge in [0.2, 0.25) is 0 Å². The third-order valence-corrected chi connectivity index (χ3v) is 4.24. The molecule has 0 aromatic heterocycles. The molecule has 4 heteroatoms. The van der Waals surface area contributed by atoms with Gasteiger partial charge in [0.15, 0.2) is 0 Å². The summed E-state index contributed by atoms with van der Waals surface area (Å²) in [7, 11) is 12.7. The fourth-order valence-corrected chi connectivity index (χ4v) is 2.74. The molecule has 0 bridgehead atoms. The van der Waals surface area contributed by atoms with E-state index in [0.717, 1.165) is 32.7 Å². The van der Waals surface area contributed by atoms with Crippen LogP contribution in [0.3, 0.4) is 0 Å². The summed E-state index contributed by atoms with van der Waals surface area (Å²) in [5.41, 5.74) is 2.51. The Kier molecular flexibility index (Phi) is 10.5. The second-order valence-electron chi connectivity index (χ2n) is 7.50. The van der Waals surface area contributed by atoms with E-state index in [1.807, 2.05) is 0 Å². The summed E-state index contributed by atoms with van der Waals surface area (Å²) in [6.45, 7) is 5.65. The highest BCUT2D eigenvalue weighted by molar-refractivity contribution is 5.55. The minimum Gasteiger partial charge on any atom is -0.378 e. The van der Waals surface area contributed by atoms with Crippen LogP contribution in [-0.4, -0.2) is 89.7 Å². The van der Waals surface area contributed by atoms with Crippen LogP contribution < -0.4 is 4.90 Å². The van der Waals surface area contributed by atoms with Crippen molar-refractivity contribution in [3.05, 3.63) is 35.9 Å². The van der Waals surface area contributed by atoms with Gasteiger partial charge in [0.1, 0.15) is 0 Å². The molecule has 0 amide bonds. The van der Waals surface area contributed by atoms with Gasteiger partial charge < -0.3 is 14.7 Å². The van der Waals surface area contributed by atoms with E-state index in [0.29, 0.717) is 0 Å². The van der Waals surface area contributed by atoms with Crippen LogP contribution in [0.5, 0.6) is 0 Å². The molecule has 0 atom stereocenters. The van der Waals surface area contributed by atoms with Crippen molar-refractivity contribution < 1.29 is 0 Å². The Morgan fingerprint density at radius 2 is 1.24 bits per heavy atom. The van der Waals surface area contributed by atoms with Crippen LogP contribution in [0.2, 0.25) is 0 Å². The molecule has 0 heterocycles. The quantitative estimate of drug-likeness (QED) is 0.577. The number of nitrogens with zero attached hydrogens (tertiary/aromatic N) is 4. The minimum absolute atomic E-state index is 1.02. The molecule has 0 saturated carbocycles. The smallest absolute Gasteiger partial charge is 0.0361 e. The van der Waals surface area contributed by atoms with Gasteiger partial charge in [0, 0.05) is 26.3 Å². The topological polar surface area (TPSA) is 13.0 Å². The average molecular weight is 347 g/mol. The Hall–Kier alpha value is -1.36. The van der Waals surface area contributed by atoms with Gasteiger partial charge in [0.05, 0.1) is 0 Å². The van der Waals surface area contributed by atoms with Crippen molar-refractivity contribution in [2.75, 3.05) is 79.9 Å². The summed E-state index contributed by atoms with van der Waals surface area (Å²) in [4.78, 5) is 9.22. The molecule has 0 radical (unpaired) electrons. The van der Waals surface area contributed by atoms with Crippen molar-refractivity contribution in [3.63, 3.8) is 0 Å². The van der Waals surface area contributed by atoms with Gasteiger partial charge in [-0.1, -0.05) is 24.3 Å². The second kappa shape index (κ2) is 12.1. The van der Waals surface area contributed by atoms with Crippen LogP contribution in [0.25, 0.3) is 6.08 Å². The van der Waals surface area contributed by atoms with Gasteiger partial charge >= 0.3 is 0 Å². The maximum atomic E-state index is 2.57. The first kappa shape index (κ1) is 21.7. The predicted molar refractivity (Wildman–Crippen MR) is 113 cm³/mol. The SMILES string of the molecule is CN(C)CCCN(CC=Cc1ccc(N(C)C)cc1)CCCN(C)C. The summed E-state index contributed by atoms with van der Waals surface area (Å²) in [6, 6.07) is 8.72. The monoisotopic (exact) mass is 346 g/mol. The Morgan fingerprint density at radius 1 is 0.720 bits per heavy atom. The molecule has 0 fully saturated rings. The molecule has 25 heavy (non-hydrogen) atoms. The zero-order valence-electron chi connectivity index (χ0n) is 17.2. The van der Waals surface area contributed by atoms with Crippen molar-refractivity contribution >= 4 is 11.8 Å². The molecular formula is C21H38N4. The van der Waals surface area contributed by atoms with E-state index < -0.39 is 0 Å². The lowest BCUT2D eigenvalue weighted by Gasteiger charge is -2.22. The van der Waals surface area contributed by atoms with Crippen molar-refractivity contribution in [3.8, 4) is 0 Å². The fourth-order valence-electron chi connectivity index (χ4n) is 2.74. The molecule has 1 rings (SSSR count). The first-order valence-corrected chi connectivity index (χ1v) is 9.34. The predicted octanol–water partition coefficient (Wildman–Crippen LogP) is 2.97. The van der Waals surface area contributed by atoms with Crippen LogP contribution in [0.1, 0.15) is 18.4 Å². The summed E-state index contributed by atoms with van der Waals surface area (Å²) < 4.78 is 0. The molecule has 142 valence electrons. The van der Waals surface area contributed by atoms with Crippen molar-refractivity contribution in [1.82, 2.24) is 14.7 Å². The van der Waals surface area contributed by atoms with Gasteiger partial charge in [-0.3, -0.25) is 4.90 Å². The van der Waals surface area contributed by atoms with E-state index in [2.05, 4.69) is 98.3 Å². The fraction of sp³-hybridized carbons (Fsp3) is 0.619. The minimum atomic E-state index is 1.02. The molecule has 0 aliphatic carbocycles. The normalized spacial score (nSPS) is 12.0. The maximum absolute atomic E-state index is 2.57. The van der Waals surface area contributed by atoms with Crippen molar-refractivity contribution in [2.45, 2.75) is 12.8 Å². The Labute approximate surface area is 155 Å². The van der Waals surface area contributed by atoms with Crippen LogP contribution >= 0.6 is 0 Å². The molecule has 4 nitrogen and oxygen atoms in total. The van der Waals surface area contributed by atoms with Gasteiger partial charge in [-0.25, -0.2) is 0 Å². The maximum Gasteiger partial charge on any atom is 0.0361 e. The Bertz CT molecular complexity index is 463. The molecule has 0 saturated heterocycles. The summed E-state index contributed by atoms with van der Waals surface area (Å²) >= 11 is 0. The third kappa shape index (κ3) is 10.3. The van der Waals surface area contributed by atoms with E-state index in [-0.39, 0.29) is 0 Å². The van der Waals surface area contributed by atoms with Crippen LogP contribution in [0, 0.1) is 0 Å². The van der Waals surface area contributed by atoms with Crippen molar-refractivity contribution in [2.24, 2.45) is 0 Å².